The number of hydrogen-bond donors (Lipinski definition) is 0. The molecule has 1 aliphatic rings. The summed E-state index contributed by atoms with van der Waals surface area (Å²) in [4.78, 5) is 12.8. The maximum Gasteiger partial charge on any atom is 0.184 e. The SMILES string of the molecule is CC(=O)C1Cc2ccccc2N1C#N. The highest BCUT2D eigenvalue weighted by atomic mass is 16.1. The van der Waals surface area contributed by atoms with Crippen molar-refractivity contribution in [3.05, 3.63) is 29.8 Å². The number of Topliss-reactive ketones (excluding diaryl/α,β-unsaturated/α-hetero) is 1. The van der Waals surface area contributed by atoms with Crippen LogP contribution in [0.15, 0.2) is 24.3 Å². The van der Waals surface area contributed by atoms with Gasteiger partial charge in [-0.05, 0) is 18.6 Å². The maximum absolute atomic E-state index is 11.3. The first kappa shape index (κ1) is 8.76. The van der Waals surface area contributed by atoms with Crippen LogP contribution in [0.4, 0.5) is 5.69 Å². The molecule has 0 fully saturated rings. The third-order valence-corrected chi connectivity index (χ3v) is 2.55. The lowest BCUT2D eigenvalue weighted by Crippen LogP contribution is -2.33. The second kappa shape index (κ2) is 3.15. The largest absolute Gasteiger partial charge is 0.298 e. The van der Waals surface area contributed by atoms with Gasteiger partial charge in [0.05, 0.1) is 5.69 Å². The fourth-order valence-electron chi connectivity index (χ4n) is 1.84. The number of fused-ring (bicyclic) bond motifs is 1. The van der Waals surface area contributed by atoms with Gasteiger partial charge < -0.3 is 0 Å². The number of para-hydroxylation sites is 1. The first-order valence-corrected chi connectivity index (χ1v) is 4.51. The smallest absolute Gasteiger partial charge is 0.184 e. The molecule has 14 heavy (non-hydrogen) atoms. The summed E-state index contributed by atoms with van der Waals surface area (Å²) in [5.74, 6) is 0.0442. The normalized spacial score (nSPS) is 18.9. The van der Waals surface area contributed by atoms with E-state index in [4.69, 9.17) is 5.26 Å². The predicted molar refractivity (Wildman–Crippen MR) is 52.7 cm³/mol. The van der Waals surface area contributed by atoms with Crippen LogP contribution in [-0.4, -0.2) is 11.8 Å². The van der Waals surface area contributed by atoms with Crippen molar-refractivity contribution in [2.75, 3.05) is 4.90 Å². The summed E-state index contributed by atoms with van der Waals surface area (Å²) in [6, 6.07) is 7.35. The van der Waals surface area contributed by atoms with E-state index in [0.29, 0.717) is 6.42 Å². The van der Waals surface area contributed by atoms with E-state index < -0.39 is 0 Å². The monoisotopic (exact) mass is 186 g/mol. The summed E-state index contributed by atoms with van der Waals surface area (Å²) in [6.45, 7) is 1.53. The van der Waals surface area contributed by atoms with E-state index >= 15 is 0 Å². The van der Waals surface area contributed by atoms with Gasteiger partial charge in [0.2, 0.25) is 0 Å². The van der Waals surface area contributed by atoms with Crippen LogP contribution in [-0.2, 0) is 11.2 Å². The van der Waals surface area contributed by atoms with Gasteiger partial charge in [-0.1, -0.05) is 18.2 Å². The van der Waals surface area contributed by atoms with Crippen molar-refractivity contribution in [2.45, 2.75) is 19.4 Å². The highest BCUT2D eigenvalue weighted by molar-refractivity contribution is 5.89. The summed E-state index contributed by atoms with van der Waals surface area (Å²) in [5, 5.41) is 8.96. The zero-order chi connectivity index (χ0) is 10.1. The van der Waals surface area contributed by atoms with Crippen LogP contribution < -0.4 is 4.90 Å². The minimum atomic E-state index is -0.294. The van der Waals surface area contributed by atoms with Crippen LogP contribution in [0.2, 0.25) is 0 Å². The molecule has 0 amide bonds. The van der Waals surface area contributed by atoms with Gasteiger partial charge in [0.1, 0.15) is 6.04 Å². The predicted octanol–water partition coefficient (Wildman–Crippen LogP) is 1.49. The van der Waals surface area contributed by atoms with E-state index in [-0.39, 0.29) is 11.8 Å². The molecule has 1 aliphatic heterocycles. The molecule has 1 unspecified atom stereocenters. The molecule has 1 atom stereocenters. The summed E-state index contributed by atoms with van der Waals surface area (Å²) in [6.07, 6.45) is 2.72. The average Bonchev–Trinajstić information content (AvgIpc) is 2.56. The molecule has 1 aromatic rings. The Morgan fingerprint density at radius 3 is 2.93 bits per heavy atom. The van der Waals surface area contributed by atoms with Gasteiger partial charge in [-0.2, -0.15) is 5.26 Å². The highest BCUT2D eigenvalue weighted by Crippen LogP contribution is 2.31. The van der Waals surface area contributed by atoms with Gasteiger partial charge >= 0.3 is 0 Å². The molecule has 0 spiro atoms. The lowest BCUT2D eigenvalue weighted by atomic mass is 10.1. The van der Waals surface area contributed by atoms with Gasteiger partial charge in [-0.15, -0.1) is 0 Å². The van der Waals surface area contributed by atoms with E-state index in [2.05, 4.69) is 6.19 Å². The topological polar surface area (TPSA) is 44.1 Å². The Morgan fingerprint density at radius 2 is 2.29 bits per heavy atom. The second-order valence-electron chi connectivity index (χ2n) is 3.43. The number of nitriles is 1. The van der Waals surface area contributed by atoms with E-state index in [1.807, 2.05) is 24.3 Å². The number of rotatable bonds is 1. The number of ketones is 1. The van der Waals surface area contributed by atoms with Crippen molar-refractivity contribution in [1.82, 2.24) is 0 Å². The number of carbonyl (C=O) groups excluding carboxylic acids is 1. The third kappa shape index (κ3) is 1.16. The Morgan fingerprint density at radius 1 is 1.57 bits per heavy atom. The number of benzene rings is 1. The summed E-state index contributed by atoms with van der Waals surface area (Å²) in [5.41, 5.74) is 1.95. The molecule has 70 valence electrons. The molecule has 3 heteroatoms. The number of nitrogens with zero attached hydrogens (tertiary/aromatic N) is 2. The van der Waals surface area contributed by atoms with Crippen LogP contribution in [0.3, 0.4) is 0 Å². The molecule has 3 nitrogen and oxygen atoms in total. The van der Waals surface area contributed by atoms with E-state index in [1.165, 1.54) is 11.8 Å². The third-order valence-electron chi connectivity index (χ3n) is 2.55. The van der Waals surface area contributed by atoms with Crippen molar-refractivity contribution in [1.29, 1.82) is 5.26 Å². The molecule has 0 aromatic heterocycles. The van der Waals surface area contributed by atoms with Gasteiger partial charge in [-0.3, -0.25) is 9.69 Å². The Kier molecular flexibility index (Phi) is 1.97. The minimum absolute atomic E-state index is 0.0442. The molecule has 0 N–H and O–H groups in total. The molecule has 0 bridgehead atoms. The van der Waals surface area contributed by atoms with E-state index in [9.17, 15) is 4.79 Å². The number of anilines is 1. The van der Waals surface area contributed by atoms with Gasteiger partial charge in [0.25, 0.3) is 0 Å². The average molecular weight is 186 g/mol. The number of hydrogen-bond acceptors (Lipinski definition) is 3. The summed E-state index contributed by atoms with van der Waals surface area (Å²) >= 11 is 0. The summed E-state index contributed by atoms with van der Waals surface area (Å²) in [7, 11) is 0. The first-order chi connectivity index (χ1) is 6.74. The Balaban J connectivity index is 2.45. The molecular weight excluding hydrogens is 176 g/mol. The van der Waals surface area contributed by atoms with Crippen molar-refractivity contribution in [2.24, 2.45) is 0 Å². The second-order valence-corrected chi connectivity index (χ2v) is 3.43. The van der Waals surface area contributed by atoms with Crippen LogP contribution >= 0.6 is 0 Å². The lowest BCUT2D eigenvalue weighted by Gasteiger charge is -2.15. The molecule has 0 saturated heterocycles. The van der Waals surface area contributed by atoms with Crippen molar-refractivity contribution < 1.29 is 4.79 Å². The molecule has 0 aliphatic carbocycles. The quantitative estimate of drug-likeness (QED) is 0.624. The van der Waals surface area contributed by atoms with Crippen LogP contribution in [0, 0.1) is 11.5 Å². The highest BCUT2D eigenvalue weighted by Gasteiger charge is 2.31. The molecule has 2 rings (SSSR count). The molecule has 1 aromatic carbocycles. The minimum Gasteiger partial charge on any atom is -0.298 e. The van der Waals surface area contributed by atoms with E-state index in [0.717, 1.165) is 11.3 Å². The Hall–Kier alpha value is -1.82. The van der Waals surface area contributed by atoms with Crippen molar-refractivity contribution in [3.63, 3.8) is 0 Å². The fourth-order valence-corrected chi connectivity index (χ4v) is 1.84. The van der Waals surface area contributed by atoms with Crippen molar-refractivity contribution in [3.8, 4) is 6.19 Å². The lowest BCUT2D eigenvalue weighted by molar-refractivity contribution is -0.117. The van der Waals surface area contributed by atoms with Gasteiger partial charge in [0, 0.05) is 6.42 Å². The van der Waals surface area contributed by atoms with Crippen molar-refractivity contribution >= 4 is 11.5 Å². The molecule has 1 heterocycles. The van der Waals surface area contributed by atoms with Crippen LogP contribution in [0.1, 0.15) is 12.5 Å². The first-order valence-electron chi connectivity index (χ1n) is 4.51. The zero-order valence-corrected chi connectivity index (χ0v) is 7.90. The Labute approximate surface area is 82.6 Å². The van der Waals surface area contributed by atoms with Crippen LogP contribution in [0.5, 0.6) is 0 Å². The summed E-state index contributed by atoms with van der Waals surface area (Å²) < 4.78 is 0. The molecule has 0 saturated carbocycles. The maximum atomic E-state index is 11.3. The zero-order valence-electron chi connectivity index (χ0n) is 7.90. The standard InChI is InChI=1S/C11H10N2O/c1-8(14)11-6-9-4-2-3-5-10(9)13(11)7-12/h2-5,11H,6H2,1H3. The fraction of sp³-hybridized carbons (Fsp3) is 0.273. The Bertz CT molecular complexity index is 420. The van der Waals surface area contributed by atoms with Crippen LogP contribution in [0.25, 0.3) is 0 Å². The molecule has 0 radical (unpaired) electrons. The number of carbonyl (C=O) groups is 1. The molecular formula is C11H10N2O. The van der Waals surface area contributed by atoms with E-state index in [1.54, 1.807) is 0 Å². The van der Waals surface area contributed by atoms with Gasteiger partial charge in [0.15, 0.2) is 12.0 Å². The van der Waals surface area contributed by atoms with Gasteiger partial charge in [-0.25, -0.2) is 0 Å².